The highest BCUT2D eigenvalue weighted by Gasteiger charge is 2.24. The molecule has 1 fully saturated rings. The van der Waals surface area contributed by atoms with Crippen molar-refractivity contribution in [3.8, 4) is 5.82 Å². The lowest BCUT2D eigenvalue weighted by molar-refractivity contribution is 0.0633. The Morgan fingerprint density at radius 3 is 2.65 bits per heavy atom. The largest absolute Gasteiger partial charge is 0.360 e. The highest BCUT2D eigenvalue weighted by Crippen LogP contribution is 2.20. The Bertz CT molecular complexity index is 1250. The summed E-state index contributed by atoms with van der Waals surface area (Å²) in [5.74, 6) is 0.667. The fourth-order valence-corrected chi connectivity index (χ4v) is 3.95. The van der Waals surface area contributed by atoms with Crippen LogP contribution < -0.4 is 5.56 Å². The van der Waals surface area contributed by atoms with Crippen LogP contribution in [0.4, 0.5) is 0 Å². The lowest BCUT2D eigenvalue weighted by Crippen LogP contribution is -2.49. The second-order valence-electron chi connectivity index (χ2n) is 7.59. The molecule has 4 heterocycles. The van der Waals surface area contributed by atoms with Crippen LogP contribution in [-0.4, -0.2) is 73.0 Å². The Labute approximate surface area is 178 Å². The molecule has 3 aromatic heterocycles. The summed E-state index contributed by atoms with van der Waals surface area (Å²) in [4.78, 5) is 32.5. The molecule has 9 heteroatoms. The van der Waals surface area contributed by atoms with E-state index in [1.54, 1.807) is 29.3 Å². The zero-order valence-electron chi connectivity index (χ0n) is 17.0. The van der Waals surface area contributed by atoms with Crippen LogP contribution >= 0.6 is 0 Å². The highest BCUT2D eigenvalue weighted by molar-refractivity contribution is 6.06. The van der Waals surface area contributed by atoms with Gasteiger partial charge in [0.15, 0.2) is 5.82 Å². The zero-order valence-corrected chi connectivity index (χ0v) is 17.0. The number of H-pyrrole nitrogens is 1. The van der Waals surface area contributed by atoms with Crippen molar-refractivity contribution in [1.29, 1.82) is 0 Å². The third kappa shape index (κ3) is 3.87. The molecule has 0 bridgehead atoms. The molecule has 158 valence electrons. The lowest BCUT2D eigenvalue weighted by atomic mass is 10.1. The summed E-state index contributed by atoms with van der Waals surface area (Å²) in [7, 11) is 0. The number of fused-ring (bicyclic) bond motifs is 1. The first-order valence-corrected chi connectivity index (χ1v) is 10.3. The molecule has 1 N–H and O–H groups in total. The molecule has 0 unspecified atom stereocenters. The number of aromatic nitrogens is 5. The SMILES string of the molecule is O=C(c1c[nH]c2ccccc12)N1CCN(CCn2nc(-n3cccn3)ccc2=O)CC1. The molecule has 1 aliphatic rings. The van der Waals surface area contributed by atoms with Crippen molar-refractivity contribution in [2.45, 2.75) is 6.54 Å². The topological polar surface area (TPSA) is 92.1 Å². The highest BCUT2D eigenvalue weighted by atomic mass is 16.2. The number of carbonyl (C=O) groups is 1. The molecule has 0 radical (unpaired) electrons. The molecule has 1 aromatic carbocycles. The van der Waals surface area contributed by atoms with Crippen molar-refractivity contribution in [2.24, 2.45) is 0 Å². The van der Waals surface area contributed by atoms with Crippen LogP contribution in [0.1, 0.15) is 10.4 Å². The normalized spacial score (nSPS) is 14.9. The molecule has 9 nitrogen and oxygen atoms in total. The number of para-hydroxylation sites is 1. The van der Waals surface area contributed by atoms with Gasteiger partial charge in [0.05, 0.1) is 12.1 Å². The predicted molar refractivity (Wildman–Crippen MR) is 116 cm³/mol. The summed E-state index contributed by atoms with van der Waals surface area (Å²) in [6, 6.07) is 12.8. The van der Waals surface area contributed by atoms with E-state index in [0.717, 1.165) is 29.6 Å². The third-order valence-corrected chi connectivity index (χ3v) is 5.70. The summed E-state index contributed by atoms with van der Waals surface area (Å²) in [5, 5.41) is 9.53. The Morgan fingerprint density at radius 2 is 1.84 bits per heavy atom. The number of nitrogens with one attached hydrogen (secondary N) is 1. The first-order valence-electron chi connectivity index (χ1n) is 10.3. The van der Waals surface area contributed by atoms with E-state index in [-0.39, 0.29) is 11.5 Å². The number of amides is 1. The predicted octanol–water partition coefficient (Wildman–Crippen LogP) is 1.37. The Hall–Kier alpha value is -3.72. The molecule has 5 rings (SSSR count). The lowest BCUT2D eigenvalue weighted by Gasteiger charge is -2.34. The Kier molecular flexibility index (Phi) is 5.09. The molecule has 1 saturated heterocycles. The van der Waals surface area contributed by atoms with Gasteiger partial charge in [-0.1, -0.05) is 18.2 Å². The van der Waals surface area contributed by atoms with Gasteiger partial charge in [-0.15, -0.1) is 5.10 Å². The maximum Gasteiger partial charge on any atom is 0.266 e. The number of hydrogen-bond donors (Lipinski definition) is 1. The summed E-state index contributed by atoms with van der Waals surface area (Å²) in [5.41, 5.74) is 1.55. The number of rotatable bonds is 5. The Balaban J connectivity index is 1.19. The fraction of sp³-hybridized carbons (Fsp3) is 0.273. The maximum atomic E-state index is 13.0. The number of carbonyl (C=O) groups excluding carboxylic acids is 1. The maximum absolute atomic E-state index is 13.0. The average Bonchev–Trinajstić information content (AvgIpc) is 3.49. The first kappa shape index (κ1) is 19.3. The average molecular weight is 417 g/mol. The third-order valence-electron chi connectivity index (χ3n) is 5.70. The van der Waals surface area contributed by atoms with Gasteiger partial charge in [-0.3, -0.25) is 14.5 Å². The van der Waals surface area contributed by atoms with E-state index in [1.807, 2.05) is 35.2 Å². The van der Waals surface area contributed by atoms with Crippen molar-refractivity contribution in [2.75, 3.05) is 32.7 Å². The van der Waals surface area contributed by atoms with Crippen LogP contribution in [0.25, 0.3) is 16.7 Å². The molecule has 4 aromatic rings. The number of benzene rings is 1. The molecule has 0 aliphatic carbocycles. The summed E-state index contributed by atoms with van der Waals surface area (Å²) in [6.07, 6.45) is 5.26. The van der Waals surface area contributed by atoms with Gasteiger partial charge < -0.3 is 9.88 Å². The van der Waals surface area contributed by atoms with Gasteiger partial charge in [0.1, 0.15) is 0 Å². The second kappa shape index (κ2) is 8.19. The van der Waals surface area contributed by atoms with Crippen molar-refractivity contribution in [3.05, 3.63) is 77.0 Å². The van der Waals surface area contributed by atoms with Crippen LogP contribution in [0.3, 0.4) is 0 Å². The molecular weight excluding hydrogens is 394 g/mol. The van der Waals surface area contributed by atoms with Crippen LogP contribution in [0.15, 0.2) is 65.8 Å². The van der Waals surface area contributed by atoms with Crippen molar-refractivity contribution < 1.29 is 4.79 Å². The standard InChI is InChI=1S/C22H23N7O2/c30-21-7-6-20(28-9-3-8-24-28)25-29(21)15-12-26-10-13-27(14-11-26)22(31)18-16-23-19-5-2-1-4-17(18)19/h1-9,16,23H,10-15H2. The van der Waals surface area contributed by atoms with E-state index >= 15 is 0 Å². The monoisotopic (exact) mass is 417 g/mol. The van der Waals surface area contributed by atoms with Gasteiger partial charge in [0.2, 0.25) is 0 Å². The Morgan fingerprint density at radius 1 is 1.00 bits per heavy atom. The first-order chi connectivity index (χ1) is 15.2. The summed E-state index contributed by atoms with van der Waals surface area (Å²) in [6.45, 7) is 4.04. The number of aromatic amines is 1. The van der Waals surface area contributed by atoms with Gasteiger partial charge in [-0.05, 0) is 18.2 Å². The molecular formula is C22H23N7O2. The summed E-state index contributed by atoms with van der Waals surface area (Å²) < 4.78 is 3.10. The molecule has 1 amide bonds. The van der Waals surface area contributed by atoms with Crippen LogP contribution in [0.2, 0.25) is 0 Å². The smallest absolute Gasteiger partial charge is 0.266 e. The van der Waals surface area contributed by atoms with Gasteiger partial charge in [-0.2, -0.15) is 5.10 Å². The number of piperazine rings is 1. The minimum absolute atomic E-state index is 0.0573. The molecule has 0 saturated carbocycles. The van der Waals surface area contributed by atoms with Crippen LogP contribution in [-0.2, 0) is 6.54 Å². The fourth-order valence-electron chi connectivity index (χ4n) is 3.95. The number of hydrogen-bond acceptors (Lipinski definition) is 5. The quantitative estimate of drug-likeness (QED) is 0.530. The summed E-state index contributed by atoms with van der Waals surface area (Å²) >= 11 is 0. The second-order valence-corrected chi connectivity index (χ2v) is 7.59. The van der Waals surface area contributed by atoms with E-state index in [4.69, 9.17) is 0 Å². The van der Waals surface area contributed by atoms with Crippen LogP contribution in [0, 0.1) is 0 Å². The van der Waals surface area contributed by atoms with Gasteiger partial charge >= 0.3 is 0 Å². The van der Waals surface area contributed by atoms with Gasteiger partial charge in [0.25, 0.3) is 11.5 Å². The number of nitrogens with zero attached hydrogens (tertiary/aromatic N) is 6. The van der Waals surface area contributed by atoms with Crippen molar-refractivity contribution >= 4 is 16.8 Å². The molecule has 1 aliphatic heterocycles. The van der Waals surface area contributed by atoms with Gasteiger partial charge in [-0.25, -0.2) is 9.36 Å². The van der Waals surface area contributed by atoms with E-state index in [0.29, 0.717) is 32.0 Å². The molecule has 0 atom stereocenters. The molecule has 31 heavy (non-hydrogen) atoms. The van der Waals surface area contributed by atoms with E-state index in [2.05, 4.69) is 20.1 Å². The van der Waals surface area contributed by atoms with Crippen molar-refractivity contribution in [1.82, 2.24) is 34.3 Å². The van der Waals surface area contributed by atoms with E-state index in [9.17, 15) is 9.59 Å². The van der Waals surface area contributed by atoms with E-state index in [1.165, 1.54) is 10.7 Å². The zero-order chi connectivity index (χ0) is 21.2. The van der Waals surface area contributed by atoms with Crippen LogP contribution in [0.5, 0.6) is 0 Å². The van der Waals surface area contributed by atoms with Crippen molar-refractivity contribution in [3.63, 3.8) is 0 Å². The van der Waals surface area contributed by atoms with Gasteiger partial charge in [0, 0.05) is 68.3 Å². The van der Waals surface area contributed by atoms with E-state index < -0.39 is 0 Å². The molecule has 0 spiro atoms. The minimum Gasteiger partial charge on any atom is -0.360 e. The minimum atomic E-state index is -0.135.